The molecule has 1 aromatic carbocycles. The van der Waals surface area contributed by atoms with E-state index in [9.17, 15) is 4.39 Å². The van der Waals surface area contributed by atoms with E-state index in [0.29, 0.717) is 11.5 Å². The molecule has 0 radical (unpaired) electrons. The molecule has 4 heteroatoms. The van der Waals surface area contributed by atoms with Gasteiger partial charge in [0.15, 0.2) is 11.6 Å². The molecule has 0 bridgehead atoms. The van der Waals surface area contributed by atoms with Crippen molar-refractivity contribution in [3.63, 3.8) is 0 Å². The zero-order chi connectivity index (χ0) is 12.1. The highest BCUT2D eigenvalue weighted by molar-refractivity contribution is 5.33. The third-order valence-corrected chi connectivity index (χ3v) is 2.50. The minimum Gasteiger partial charge on any atom is -0.494 e. The van der Waals surface area contributed by atoms with Crippen LogP contribution in [-0.4, -0.2) is 7.11 Å². The Labute approximate surface area is 95.8 Å². The number of rotatable bonds is 5. The van der Waals surface area contributed by atoms with E-state index in [1.165, 1.54) is 7.11 Å². The number of nitrogens with two attached hydrogens (primary N) is 1. The van der Waals surface area contributed by atoms with E-state index < -0.39 is 0 Å². The average molecular weight is 226 g/mol. The molecular weight excluding hydrogens is 207 g/mol. The molecule has 3 N–H and O–H groups in total. The zero-order valence-electron chi connectivity index (χ0n) is 9.96. The summed E-state index contributed by atoms with van der Waals surface area (Å²) in [6.45, 7) is 4.14. The Bertz CT molecular complexity index is 342. The van der Waals surface area contributed by atoms with Crippen molar-refractivity contribution in [3.05, 3.63) is 29.6 Å². The lowest BCUT2D eigenvalue weighted by atomic mass is 9.97. The van der Waals surface area contributed by atoms with Crippen LogP contribution in [0.25, 0.3) is 0 Å². The molecule has 0 saturated carbocycles. The number of halogens is 1. The summed E-state index contributed by atoms with van der Waals surface area (Å²) < 4.78 is 18.9. The summed E-state index contributed by atoms with van der Waals surface area (Å²) in [5.41, 5.74) is 3.20. The van der Waals surface area contributed by atoms with Crippen LogP contribution in [-0.2, 0) is 0 Å². The number of benzene rings is 1. The van der Waals surface area contributed by atoms with Gasteiger partial charge in [-0.25, -0.2) is 4.39 Å². The van der Waals surface area contributed by atoms with Crippen molar-refractivity contribution in [2.45, 2.75) is 26.3 Å². The van der Waals surface area contributed by atoms with Gasteiger partial charge in [0.2, 0.25) is 0 Å². The van der Waals surface area contributed by atoms with Crippen LogP contribution in [0, 0.1) is 11.7 Å². The van der Waals surface area contributed by atoms with Crippen LogP contribution in [0.15, 0.2) is 18.2 Å². The highest BCUT2D eigenvalue weighted by atomic mass is 19.1. The highest BCUT2D eigenvalue weighted by Crippen LogP contribution is 2.28. The quantitative estimate of drug-likeness (QED) is 0.598. The molecule has 0 aliphatic carbocycles. The van der Waals surface area contributed by atoms with Gasteiger partial charge in [0.05, 0.1) is 7.11 Å². The van der Waals surface area contributed by atoms with E-state index in [4.69, 9.17) is 10.6 Å². The standard InChI is InChI=1S/C12H19FN2O/c1-8(2)7-10(15-14)9-5-4-6-11(16-3)12(9)13/h4-6,8,10,15H,7,14H2,1-3H3. The van der Waals surface area contributed by atoms with Crippen molar-refractivity contribution < 1.29 is 9.13 Å². The predicted molar refractivity (Wildman–Crippen MR) is 62.5 cm³/mol. The largest absolute Gasteiger partial charge is 0.494 e. The fourth-order valence-corrected chi connectivity index (χ4v) is 1.71. The Morgan fingerprint density at radius 1 is 1.44 bits per heavy atom. The molecule has 0 amide bonds. The summed E-state index contributed by atoms with van der Waals surface area (Å²) in [6, 6.07) is 4.91. The first kappa shape index (κ1) is 12.9. The van der Waals surface area contributed by atoms with Gasteiger partial charge in [-0.15, -0.1) is 0 Å². The summed E-state index contributed by atoms with van der Waals surface area (Å²) in [4.78, 5) is 0. The van der Waals surface area contributed by atoms with Crippen molar-refractivity contribution in [3.8, 4) is 5.75 Å². The Kier molecular flexibility index (Phi) is 4.71. The second-order valence-corrected chi connectivity index (χ2v) is 4.21. The molecule has 1 atom stereocenters. The van der Waals surface area contributed by atoms with Crippen LogP contribution in [0.2, 0.25) is 0 Å². The summed E-state index contributed by atoms with van der Waals surface area (Å²) in [7, 11) is 1.45. The van der Waals surface area contributed by atoms with Crippen LogP contribution in [0.1, 0.15) is 31.9 Å². The van der Waals surface area contributed by atoms with Gasteiger partial charge in [0.1, 0.15) is 0 Å². The number of hydrogen-bond donors (Lipinski definition) is 2. The lowest BCUT2D eigenvalue weighted by Crippen LogP contribution is -2.29. The summed E-state index contributed by atoms with van der Waals surface area (Å²) in [5, 5.41) is 0. The Morgan fingerprint density at radius 2 is 2.12 bits per heavy atom. The average Bonchev–Trinajstić information content (AvgIpc) is 2.26. The Hall–Kier alpha value is -1.13. The fourth-order valence-electron chi connectivity index (χ4n) is 1.71. The van der Waals surface area contributed by atoms with Crippen molar-refractivity contribution in [1.29, 1.82) is 0 Å². The fraction of sp³-hybridized carbons (Fsp3) is 0.500. The summed E-state index contributed by atoms with van der Waals surface area (Å²) >= 11 is 0. The minimum atomic E-state index is -0.339. The summed E-state index contributed by atoms with van der Waals surface area (Å²) in [5.74, 6) is 5.80. The van der Waals surface area contributed by atoms with E-state index in [1.54, 1.807) is 18.2 Å². The van der Waals surface area contributed by atoms with Gasteiger partial charge in [-0.2, -0.15) is 0 Å². The van der Waals surface area contributed by atoms with E-state index >= 15 is 0 Å². The number of hydrazine groups is 1. The zero-order valence-corrected chi connectivity index (χ0v) is 9.96. The van der Waals surface area contributed by atoms with E-state index in [0.717, 1.165) is 6.42 Å². The molecule has 1 rings (SSSR count). The van der Waals surface area contributed by atoms with E-state index in [-0.39, 0.29) is 17.6 Å². The topological polar surface area (TPSA) is 47.3 Å². The van der Waals surface area contributed by atoms with E-state index in [2.05, 4.69) is 19.3 Å². The molecule has 90 valence electrons. The van der Waals surface area contributed by atoms with Crippen molar-refractivity contribution in [1.82, 2.24) is 5.43 Å². The van der Waals surface area contributed by atoms with Gasteiger partial charge in [-0.3, -0.25) is 11.3 Å². The molecule has 0 aliphatic rings. The third-order valence-electron chi connectivity index (χ3n) is 2.50. The lowest BCUT2D eigenvalue weighted by Gasteiger charge is -2.19. The highest BCUT2D eigenvalue weighted by Gasteiger charge is 2.18. The van der Waals surface area contributed by atoms with Crippen molar-refractivity contribution in [2.75, 3.05) is 7.11 Å². The van der Waals surface area contributed by atoms with Gasteiger partial charge >= 0.3 is 0 Å². The molecule has 0 saturated heterocycles. The van der Waals surface area contributed by atoms with Crippen LogP contribution in [0.5, 0.6) is 5.75 Å². The van der Waals surface area contributed by atoms with E-state index in [1.807, 2.05) is 0 Å². The predicted octanol–water partition coefficient (Wildman–Crippen LogP) is 2.38. The smallest absolute Gasteiger partial charge is 0.169 e. The monoisotopic (exact) mass is 226 g/mol. The molecular formula is C12H19FN2O. The van der Waals surface area contributed by atoms with Crippen LogP contribution in [0.4, 0.5) is 4.39 Å². The molecule has 0 aliphatic heterocycles. The SMILES string of the molecule is COc1cccc(C(CC(C)C)NN)c1F. The third kappa shape index (κ3) is 2.93. The number of hydrogen-bond acceptors (Lipinski definition) is 3. The van der Waals surface area contributed by atoms with Gasteiger partial charge in [-0.05, 0) is 18.4 Å². The number of ether oxygens (including phenoxy) is 1. The molecule has 0 spiro atoms. The molecule has 0 heterocycles. The maximum absolute atomic E-state index is 13.9. The first-order chi connectivity index (χ1) is 7.60. The van der Waals surface area contributed by atoms with Gasteiger partial charge in [0.25, 0.3) is 0 Å². The second kappa shape index (κ2) is 5.82. The Morgan fingerprint density at radius 3 is 2.62 bits per heavy atom. The van der Waals surface area contributed by atoms with Gasteiger partial charge in [0, 0.05) is 11.6 Å². The first-order valence-corrected chi connectivity index (χ1v) is 5.38. The Balaban J connectivity index is 3.00. The van der Waals surface area contributed by atoms with Crippen LogP contribution < -0.4 is 16.0 Å². The summed E-state index contributed by atoms with van der Waals surface area (Å²) in [6.07, 6.45) is 0.778. The molecule has 1 unspecified atom stereocenters. The molecule has 1 aromatic rings. The van der Waals surface area contributed by atoms with Gasteiger partial charge < -0.3 is 4.74 Å². The van der Waals surface area contributed by atoms with Crippen LogP contribution in [0.3, 0.4) is 0 Å². The second-order valence-electron chi connectivity index (χ2n) is 4.21. The molecule has 16 heavy (non-hydrogen) atoms. The minimum absolute atomic E-state index is 0.185. The number of nitrogens with one attached hydrogen (secondary N) is 1. The first-order valence-electron chi connectivity index (χ1n) is 5.38. The maximum atomic E-state index is 13.9. The van der Waals surface area contributed by atoms with Crippen molar-refractivity contribution >= 4 is 0 Å². The number of methoxy groups -OCH3 is 1. The van der Waals surface area contributed by atoms with Gasteiger partial charge in [-0.1, -0.05) is 26.0 Å². The molecule has 0 fully saturated rings. The molecule has 0 aromatic heterocycles. The maximum Gasteiger partial charge on any atom is 0.169 e. The lowest BCUT2D eigenvalue weighted by molar-refractivity contribution is 0.372. The normalized spacial score (nSPS) is 12.9. The molecule has 3 nitrogen and oxygen atoms in total. The van der Waals surface area contributed by atoms with Crippen LogP contribution >= 0.6 is 0 Å². The van der Waals surface area contributed by atoms with Crippen molar-refractivity contribution in [2.24, 2.45) is 11.8 Å².